The summed E-state index contributed by atoms with van der Waals surface area (Å²) in [5, 5.41) is 0. The highest BCUT2D eigenvalue weighted by Gasteiger charge is 2.28. The molecule has 0 atom stereocenters. The van der Waals surface area contributed by atoms with E-state index in [2.05, 4.69) is 35.2 Å². The molecule has 2 N–H and O–H groups in total. The molecule has 0 radical (unpaired) electrons. The second kappa shape index (κ2) is 8.48. The SMILES string of the molecule is NC(=O)C1CCN(C(=O)CN2CCC(Cc3ccccc3)CC2)CC1. The fourth-order valence-corrected chi connectivity index (χ4v) is 4.00. The van der Waals surface area contributed by atoms with Crippen LogP contribution in [0, 0.1) is 11.8 Å². The summed E-state index contributed by atoms with van der Waals surface area (Å²) in [6.45, 7) is 3.84. The fourth-order valence-electron chi connectivity index (χ4n) is 4.00. The predicted octanol–water partition coefficient (Wildman–Crippen LogP) is 1.66. The first kappa shape index (κ1) is 17.9. The van der Waals surface area contributed by atoms with E-state index in [1.165, 1.54) is 5.56 Å². The van der Waals surface area contributed by atoms with Crippen molar-refractivity contribution in [1.29, 1.82) is 0 Å². The Hall–Kier alpha value is -1.88. The molecule has 2 heterocycles. The van der Waals surface area contributed by atoms with Gasteiger partial charge in [0.25, 0.3) is 0 Å². The van der Waals surface area contributed by atoms with Crippen LogP contribution in [0.1, 0.15) is 31.2 Å². The largest absolute Gasteiger partial charge is 0.369 e. The van der Waals surface area contributed by atoms with Gasteiger partial charge >= 0.3 is 0 Å². The van der Waals surface area contributed by atoms with Crippen LogP contribution in [0.15, 0.2) is 30.3 Å². The van der Waals surface area contributed by atoms with Crippen LogP contribution < -0.4 is 5.73 Å². The first-order valence-electron chi connectivity index (χ1n) is 9.45. The van der Waals surface area contributed by atoms with Crippen molar-refractivity contribution in [2.45, 2.75) is 32.1 Å². The summed E-state index contributed by atoms with van der Waals surface area (Å²) >= 11 is 0. The number of carbonyl (C=O) groups is 2. The van der Waals surface area contributed by atoms with E-state index in [1.807, 2.05) is 4.90 Å². The maximum Gasteiger partial charge on any atom is 0.236 e. The van der Waals surface area contributed by atoms with Gasteiger partial charge in [0.1, 0.15) is 0 Å². The van der Waals surface area contributed by atoms with Crippen molar-refractivity contribution in [3.05, 3.63) is 35.9 Å². The Morgan fingerprint density at radius 1 is 0.960 bits per heavy atom. The first-order valence-corrected chi connectivity index (χ1v) is 9.45. The number of benzene rings is 1. The van der Waals surface area contributed by atoms with Crippen molar-refractivity contribution < 1.29 is 9.59 Å². The van der Waals surface area contributed by atoms with Crippen LogP contribution in [0.5, 0.6) is 0 Å². The third kappa shape index (κ3) is 5.05. The van der Waals surface area contributed by atoms with E-state index in [0.29, 0.717) is 32.5 Å². The molecule has 2 aliphatic heterocycles. The van der Waals surface area contributed by atoms with Crippen molar-refractivity contribution in [2.24, 2.45) is 17.6 Å². The number of hydrogen-bond donors (Lipinski definition) is 1. The highest BCUT2D eigenvalue weighted by Crippen LogP contribution is 2.22. The van der Waals surface area contributed by atoms with E-state index in [0.717, 1.165) is 38.3 Å². The number of nitrogens with two attached hydrogens (primary N) is 1. The zero-order chi connectivity index (χ0) is 17.6. The molecule has 2 aliphatic rings. The number of nitrogens with zero attached hydrogens (tertiary/aromatic N) is 2. The molecule has 2 saturated heterocycles. The monoisotopic (exact) mass is 343 g/mol. The van der Waals surface area contributed by atoms with Gasteiger partial charge in [0.2, 0.25) is 11.8 Å². The average molecular weight is 343 g/mol. The summed E-state index contributed by atoms with van der Waals surface area (Å²) in [6.07, 6.45) is 4.88. The number of carbonyl (C=O) groups excluding carboxylic acids is 2. The van der Waals surface area contributed by atoms with Crippen molar-refractivity contribution in [2.75, 3.05) is 32.7 Å². The van der Waals surface area contributed by atoms with Crippen molar-refractivity contribution in [3.63, 3.8) is 0 Å². The van der Waals surface area contributed by atoms with Crippen LogP contribution in [0.4, 0.5) is 0 Å². The Morgan fingerprint density at radius 3 is 2.20 bits per heavy atom. The quantitative estimate of drug-likeness (QED) is 0.884. The molecule has 136 valence electrons. The summed E-state index contributed by atoms with van der Waals surface area (Å²) in [5.74, 6) is 0.634. The summed E-state index contributed by atoms with van der Waals surface area (Å²) in [4.78, 5) is 27.9. The number of amides is 2. The highest BCUT2D eigenvalue weighted by molar-refractivity contribution is 5.80. The molecule has 0 saturated carbocycles. The second-order valence-electron chi connectivity index (χ2n) is 7.47. The van der Waals surface area contributed by atoms with Gasteiger partial charge in [-0.05, 0) is 56.7 Å². The maximum atomic E-state index is 12.5. The molecule has 0 spiro atoms. The molecule has 0 aromatic heterocycles. The summed E-state index contributed by atoms with van der Waals surface area (Å²) in [6, 6.07) is 10.7. The molecule has 25 heavy (non-hydrogen) atoms. The van der Waals surface area contributed by atoms with Crippen LogP contribution >= 0.6 is 0 Å². The van der Waals surface area contributed by atoms with E-state index in [4.69, 9.17) is 5.73 Å². The fraction of sp³-hybridized carbons (Fsp3) is 0.600. The summed E-state index contributed by atoms with van der Waals surface area (Å²) < 4.78 is 0. The molecule has 2 amide bonds. The predicted molar refractivity (Wildman–Crippen MR) is 97.8 cm³/mol. The average Bonchev–Trinajstić information content (AvgIpc) is 2.64. The van der Waals surface area contributed by atoms with Gasteiger partial charge in [0.05, 0.1) is 6.54 Å². The molecule has 3 rings (SSSR count). The molecule has 0 bridgehead atoms. The first-order chi connectivity index (χ1) is 12.1. The van der Waals surface area contributed by atoms with Gasteiger partial charge in [-0.2, -0.15) is 0 Å². The van der Waals surface area contributed by atoms with Crippen LogP contribution in [-0.4, -0.2) is 54.3 Å². The third-order valence-electron chi connectivity index (χ3n) is 5.68. The number of hydrogen-bond acceptors (Lipinski definition) is 3. The van der Waals surface area contributed by atoms with Crippen molar-refractivity contribution in [3.8, 4) is 0 Å². The Kier molecular flexibility index (Phi) is 6.08. The Bertz CT molecular complexity index is 574. The van der Waals surface area contributed by atoms with Crippen LogP contribution in [-0.2, 0) is 16.0 Å². The lowest BCUT2D eigenvalue weighted by atomic mass is 9.90. The zero-order valence-corrected chi connectivity index (χ0v) is 14.9. The van der Waals surface area contributed by atoms with Gasteiger partial charge in [-0.15, -0.1) is 0 Å². The number of piperidine rings is 2. The molecule has 0 aliphatic carbocycles. The standard InChI is InChI=1S/C20H29N3O2/c21-20(25)18-8-12-23(13-9-18)19(24)15-22-10-6-17(7-11-22)14-16-4-2-1-3-5-16/h1-5,17-18H,6-15H2,(H2,21,25). The number of primary amides is 1. The Balaban J connectivity index is 1.39. The maximum absolute atomic E-state index is 12.5. The van der Waals surface area contributed by atoms with E-state index < -0.39 is 0 Å². The van der Waals surface area contributed by atoms with Gasteiger partial charge in [0, 0.05) is 19.0 Å². The lowest BCUT2D eigenvalue weighted by Gasteiger charge is -2.35. The van der Waals surface area contributed by atoms with Crippen LogP contribution in [0.2, 0.25) is 0 Å². The highest BCUT2D eigenvalue weighted by atomic mass is 16.2. The molecule has 5 nitrogen and oxygen atoms in total. The number of likely N-dealkylation sites (tertiary alicyclic amines) is 2. The Labute approximate surface area is 150 Å². The molecule has 0 unspecified atom stereocenters. The minimum Gasteiger partial charge on any atom is -0.369 e. The third-order valence-corrected chi connectivity index (χ3v) is 5.68. The van der Waals surface area contributed by atoms with Crippen molar-refractivity contribution in [1.82, 2.24) is 9.80 Å². The minimum absolute atomic E-state index is 0.0576. The van der Waals surface area contributed by atoms with Gasteiger partial charge in [-0.1, -0.05) is 30.3 Å². The molecule has 1 aromatic carbocycles. The summed E-state index contributed by atoms with van der Waals surface area (Å²) in [5.41, 5.74) is 6.77. The molecular weight excluding hydrogens is 314 g/mol. The van der Waals surface area contributed by atoms with E-state index in [1.54, 1.807) is 0 Å². The zero-order valence-electron chi connectivity index (χ0n) is 14.9. The topological polar surface area (TPSA) is 66.6 Å². The van der Waals surface area contributed by atoms with E-state index in [9.17, 15) is 9.59 Å². The Morgan fingerprint density at radius 2 is 1.60 bits per heavy atom. The van der Waals surface area contributed by atoms with Crippen molar-refractivity contribution >= 4 is 11.8 Å². The minimum atomic E-state index is -0.229. The van der Waals surface area contributed by atoms with Crippen LogP contribution in [0.3, 0.4) is 0 Å². The van der Waals surface area contributed by atoms with Gasteiger partial charge in [0.15, 0.2) is 0 Å². The van der Waals surface area contributed by atoms with E-state index >= 15 is 0 Å². The molecular formula is C20H29N3O2. The van der Waals surface area contributed by atoms with Gasteiger partial charge in [-0.3, -0.25) is 14.5 Å². The molecule has 1 aromatic rings. The number of rotatable bonds is 5. The van der Waals surface area contributed by atoms with E-state index in [-0.39, 0.29) is 17.7 Å². The van der Waals surface area contributed by atoms with Gasteiger partial charge < -0.3 is 10.6 Å². The lowest BCUT2D eigenvalue weighted by Crippen LogP contribution is -2.47. The molecule has 2 fully saturated rings. The summed E-state index contributed by atoms with van der Waals surface area (Å²) in [7, 11) is 0. The van der Waals surface area contributed by atoms with Crippen LogP contribution in [0.25, 0.3) is 0 Å². The second-order valence-corrected chi connectivity index (χ2v) is 7.47. The molecule has 5 heteroatoms. The van der Waals surface area contributed by atoms with Gasteiger partial charge in [-0.25, -0.2) is 0 Å². The lowest BCUT2D eigenvalue weighted by molar-refractivity contribution is -0.136. The smallest absolute Gasteiger partial charge is 0.236 e. The normalized spacial score (nSPS) is 20.6.